The van der Waals surface area contributed by atoms with Gasteiger partial charge in [-0.2, -0.15) is 0 Å². The first-order valence-corrected chi connectivity index (χ1v) is 6.93. The number of nitrogens with zero attached hydrogens (tertiary/aromatic N) is 2. The van der Waals surface area contributed by atoms with Crippen LogP contribution in [-0.2, 0) is 6.54 Å². The third-order valence-corrected chi connectivity index (χ3v) is 3.49. The summed E-state index contributed by atoms with van der Waals surface area (Å²) in [5, 5.41) is 1.22. The van der Waals surface area contributed by atoms with Crippen molar-refractivity contribution in [2.45, 2.75) is 27.3 Å². The lowest BCUT2D eigenvalue weighted by molar-refractivity contribution is 0.518. The Balaban J connectivity index is 2.54. The molecule has 3 nitrogen and oxygen atoms in total. The number of imidazole rings is 1. The van der Waals surface area contributed by atoms with Crippen LogP contribution in [-0.4, -0.2) is 9.55 Å². The molecule has 0 saturated carbocycles. The van der Waals surface area contributed by atoms with Gasteiger partial charge in [0.25, 0.3) is 0 Å². The van der Waals surface area contributed by atoms with Crippen LogP contribution < -0.4 is 5.73 Å². The molecule has 1 heterocycles. The van der Waals surface area contributed by atoms with Gasteiger partial charge < -0.3 is 10.3 Å². The minimum Gasteiger partial charge on any atom is -0.383 e. The monoisotopic (exact) mass is 297 g/mol. The van der Waals surface area contributed by atoms with Crippen LogP contribution in [0.25, 0.3) is 11.3 Å². The second-order valence-electron chi connectivity index (χ2n) is 5.02. The van der Waals surface area contributed by atoms with Crippen molar-refractivity contribution in [3.05, 3.63) is 34.1 Å². The largest absolute Gasteiger partial charge is 0.383 e. The van der Waals surface area contributed by atoms with E-state index >= 15 is 0 Å². The van der Waals surface area contributed by atoms with E-state index in [9.17, 15) is 0 Å². The van der Waals surface area contributed by atoms with E-state index in [0.29, 0.717) is 27.5 Å². The lowest BCUT2D eigenvalue weighted by Crippen LogP contribution is -2.09. The molecule has 0 fully saturated rings. The van der Waals surface area contributed by atoms with E-state index in [4.69, 9.17) is 28.9 Å². The third-order valence-electron chi connectivity index (χ3n) is 2.93. The average Bonchev–Trinajstić information content (AvgIpc) is 2.60. The molecule has 0 bridgehead atoms. The molecule has 0 radical (unpaired) electrons. The van der Waals surface area contributed by atoms with E-state index in [-0.39, 0.29) is 0 Å². The molecule has 1 aromatic heterocycles. The highest BCUT2D eigenvalue weighted by atomic mass is 35.5. The summed E-state index contributed by atoms with van der Waals surface area (Å²) >= 11 is 12.2. The number of rotatable bonds is 3. The molecule has 0 aliphatic rings. The predicted molar refractivity (Wildman–Crippen MR) is 81.7 cm³/mol. The molecule has 0 amide bonds. The van der Waals surface area contributed by atoms with Crippen LogP contribution in [0.3, 0.4) is 0 Å². The maximum absolute atomic E-state index is 6.21. The van der Waals surface area contributed by atoms with Crippen LogP contribution in [0.15, 0.2) is 18.2 Å². The van der Waals surface area contributed by atoms with Crippen LogP contribution in [0.4, 0.5) is 5.82 Å². The SMILES string of the molecule is Cc1nc(-c2cc(Cl)ccc2Cl)c(N)n1CC(C)C. The van der Waals surface area contributed by atoms with Gasteiger partial charge in [0.1, 0.15) is 17.3 Å². The average molecular weight is 298 g/mol. The Morgan fingerprint density at radius 1 is 1.32 bits per heavy atom. The predicted octanol–water partition coefficient (Wildman–Crippen LogP) is 4.40. The molecule has 19 heavy (non-hydrogen) atoms. The van der Waals surface area contributed by atoms with Gasteiger partial charge in [0.15, 0.2) is 0 Å². The highest BCUT2D eigenvalue weighted by molar-refractivity contribution is 6.35. The van der Waals surface area contributed by atoms with E-state index in [0.717, 1.165) is 17.9 Å². The number of aromatic nitrogens is 2. The molecular weight excluding hydrogens is 281 g/mol. The summed E-state index contributed by atoms with van der Waals surface area (Å²) in [4.78, 5) is 4.53. The van der Waals surface area contributed by atoms with E-state index in [1.807, 2.05) is 11.5 Å². The summed E-state index contributed by atoms with van der Waals surface area (Å²) in [5.41, 5.74) is 7.68. The van der Waals surface area contributed by atoms with Gasteiger partial charge in [-0.3, -0.25) is 0 Å². The number of hydrogen-bond acceptors (Lipinski definition) is 2. The second-order valence-corrected chi connectivity index (χ2v) is 5.87. The summed E-state index contributed by atoms with van der Waals surface area (Å²) in [7, 11) is 0. The molecule has 0 unspecified atom stereocenters. The van der Waals surface area contributed by atoms with Crippen molar-refractivity contribution in [2.75, 3.05) is 5.73 Å². The molecule has 2 N–H and O–H groups in total. The van der Waals surface area contributed by atoms with E-state index in [2.05, 4.69) is 18.8 Å². The van der Waals surface area contributed by atoms with E-state index < -0.39 is 0 Å². The topological polar surface area (TPSA) is 43.8 Å². The molecule has 2 aromatic rings. The number of nitrogens with two attached hydrogens (primary N) is 1. The van der Waals surface area contributed by atoms with Crippen molar-refractivity contribution in [3.63, 3.8) is 0 Å². The van der Waals surface area contributed by atoms with Gasteiger partial charge in [-0.15, -0.1) is 0 Å². The standard InChI is InChI=1S/C14H17Cl2N3/c1-8(2)7-19-9(3)18-13(14(19)17)11-6-10(15)4-5-12(11)16/h4-6,8H,7,17H2,1-3H3. The van der Waals surface area contributed by atoms with Crippen molar-refractivity contribution in [2.24, 2.45) is 5.92 Å². The normalized spacial score (nSPS) is 11.3. The first-order chi connectivity index (χ1) is 8.90. The van der Waals surface area contributed by atoms with Crippen LogP contribution in [0, 0.1) is 12.8 Å². The van der Waals surface area contributed by atoms with Crippen molar-refractivity contribution in [1.82, 2.24) is 9.55 Å². The molecule has 0 atom stereocenters. The molecular formula is C14H17Cl2N3. The number of anilines is 1. The fourth-order valence-corrected chi connectivity index (χ4v) is 2.43. The molecule has 0 spiro atoms. The summed E-state index contributed by atoms with van der Waals surface area (Å²) in [6, 6.07) is 5.30. The maximum atomic E-state index is 6.21. The Morgan fingerprint density at radius 2 is 2.00 bits per heavy atom. The van der Waals surface area contributed by atoms with Crippen LogP contribution in [0.2, 0.25) is 10.0 Å². The third kappa shape index (κ3) is 2.88. The highest BCUT2D eigenvalue weighted by Crippen LogP contribution is 2.34. The first kappa shape index (κ1) is 14.2. The van der Waals surface area contributed by atoms with Crippen LogP contribution in [0.1, 0.15) is 19.7 Å². The second kappa shape index (κ2) is 5.43. The van der Waals surface area contributed by atoms with Gasteiger partial charge in [0, 0.05) is 17.1 Å². The zero-order valence-corrected chi connectivity index (χ0v) is 12.8. The quantitative estimate of drug-likeness (QED) is 0.912. The molecule has 0 aliphatic heterocycles. The van der Waals surface area contributed by atoms with Gasteiger partial charge in [-0.1, -0.05) is 37.0 Å². The fourth-order valence-electron chi connectivity index (χ4n) is 2.05. The van der Waals surface area contributed by atoms with Crippen molar-refractivity contribution in [1.29, 1.82) is 0 Å². The fraction of sp³-hybridized carbons (Fsp3) is 0.357. The molecule has 0 saturated heterocycles. The van der Waals surface area contributed by atoms with Crippen molar-refractivity contribution < 1.29 is 0 Å². The zero-order chi connectivity index (χ0) is 14.2. The molecule has 2 rings (SSSR count). The zero-order valence-electron chi connectivity index (χ0n) is 11.2. The van der Waals surface area contributed by atoms with Gasteiger partial charge in [-0.05, 0) is 31.0 Å². The smallest absolute Gasteiger partial charge is 0.131 e. The first-order valence-electron chi connectivity index (χ1n) is 6.18. The van der Waals surface area contributed by atoms with Crippen molar-refractivity contribution >= 4 is 29.0 Å². The summed E-state index contributed by atoms with van der Waals surface area (Å²) in [6.45, 7) is 7.07. The molecule has 5 heteroatoms. The lowest BCUT2D eigenvalue weighted by Gasteiger charge is -2.10. The van der Waals surface area contributed by atoms with Gasteiger partial charge in [0.2, 0.25) is 0 Å². The van der Waals surface area contributed by atoms with Gasteiger partial charge >= 0.3 is 0 Å². The minimum atomic E-state index is 0.498. The number of benzene rings is 1. The summed E-state index contributed by atoms with van der Waals surface area (Å²) < 4.78 is 2.01. The van der Waals surface area contributed by atoms with Gasteiger partial charge in [-0.25, -0.2) is 4.98 Å². The molecule has 102 valence electrons. The number of halogens is 2. The van der Waals surface area contributed by atoms with Crippen LogP contribution >= 0.6 is 23.2 Å². The minimum absolute atomic E-state index is 0.498. The van der Waals surface area contributed by atoms with Crippen molar-refractivity contribution in [3.8, 4) is 11.3 Å². The van der Waals surface area contributed by atoms with E-state index in [1.165, 1.54) is 0 Å². The molecule has 0 aliphatic carbocycles. The Morgan fingerprint density at radius 3 is 2.63 bits per heavy atom. The van der Waals surface area contributed by atoms with E-state index in [1.54, 1.807) is 18.2 Å². The maximum Gasteiger partial charge on any atom is 0.131 e. The summed E-state index contributed by atoms with van der Waals surface area (Å²) in [5.74, 6) is 2.02. The van der Waals surface area contributed by atoms with Crippen LogP contribution in [0.5, 0.6) is 0 Å². The number of hydrogen-bond donors (Lipinski definition) is 1. The number of nitrogen functional groups attached to an aromatic ring is 1. The molecule has 1 aromatic carbocycles. The Hall–Kier alpha value is -1.19. The Kier molecular flexibility index (Phi) is 4.07. The Bertz CT molecular complexity index is 603. The van der Waals surface area contributed by atoms with Gasteiger partial charge in [0.05, 0.1) is 5.02 Å². The summed E-state index contributed by atoms with van der Waals surface area (Å²) in [6.07, 6.45) is 0. The Labute approximate surface area is 123 Å². The lowest BCUT2D eigenvalue weighted by atomic mass is 10.1. The number of aryl methyl sites for hydroxylation is 1. The highest BCUT2D eigenvalue weighted by Gasteiger charge is 2.16.